The van der Waals surface area contributed by atoms with Crippen LogP contribution in [0, 0.1) is 0 Å². The van der Waals surface area contributed by atoms with Crippen LogP contribution in [0.5, 0.6) is 5.75 Å². The van der Waals surface area contributed by atoms with Gasteiger partial charge in [-0.25, -0.2) is 0 Å². The highest BCUT2D eigenvalue weighted by Crippen LogP contribution is 2.35. The SMILES string of the molecule is CCOc1cc2c(cc1Br)C(=O)N(C1CCC(=O)NC1=O)C2. The maximum atomic E-state index is 12.5. The molecular weight excluding hydrogens is 352 g/mol. The number of hydrogen-bond donors (Lipinski definition) is 1. The number of carbonyl (C=O) groups excluding carboxylic acids is 3. The quantitative estimate of drug-likeness (QED) is 0.824. The lowest BCUT2D eigenvalue weighted by atomic mass is 10.0. The standard InChI is InChI=1S/C15H15BrN2O4/c1-2-22-12-5-8-7-18(15(21)9(8)6-10(12)16)11-3-4-13(19)17-14(11)20/h5-6,11H,2-4,7H2,1H3,(H,17,19,20). The fourth-order valence-electron chi connectivity index (χ4n) is 2.83. The number of hydrogen-bond acceptors (Lipinski definition) is 4. The Morgan fingerprint density at radius 1 is 1.36 bits per heavy atom. The third kappa shape index (κ3) is 2.49. The number of piperidine rings is 1. The van der Waals surface area contributed by atoms with Crippen LogP contribution in [0.4, 0.5) is 0 Å². The minimum absolute atomic E-state index is 0.187. The Bertz CT molecular complexity index is 674. The van der Waals surface area contributed by atoms with Crippen molar-refractivity contribution in [2.45, 2.75) is 32.4 Å². The molecule has 2 aliphatic rings. The number of imide groups is 1. The molecule has 1 N–H and O–H groups in total. The number of rotatable bonds is 3. The largest absolute Gasteiger partial charge is 0.493 e. The van der Waals surface area contributed by atoms with E-state index in [1.165, 1.54) is 4.90 Å². The van der Waals surface area contributed by atoms with E-state index in [0.717, 1.165) is 5.56 Å². The van der Waals surface area contributed by atoms with Crippen molar-refractivity contribution in [2.24, 2.45) is 0 Å². The number of amides is 3. The number of carbonyl (C=O) groups is 3. The molecule has 0 aliphatic carbocycles. The summed E-state index contributed by atoms with van der Waals surface area (Å²) in [6.07, 6.45) is 0.619. The van der Waals surface area contributed by atoms with E-state index in [1.807, 2.05) is 13.0 Å². The van der Waals surface area contributed by atoms with Gasteiger partial charge in [0.15, 0.2) is 0 Å². The van der Waals surface area contributed by atoms with Gasteiger partial charge in [-0.3, -0.25) is 19.7 Å². The Hall–Kier alpha value is -1.89. The molecule has 1 aromatic carbocycles. The molecule has 7 heteroatoms. The molecule has 116 valence electrons. The molecule has 6 nitrogen and oxygen atoms in total. The maximum Gasteiger partial charge on any atom is 0.255 e. The second-order valence-corrected chi connectivity index (χ2v) is 6.13. The van der Waals surface area contributed by atoms with Gasteiger partial charge in [0.25, 0.3) is 5.91 Å². The van der Waals surface area contributed by atoms with Gasteiger partial charge in [0.05, 0.1) is 11.1 Å². The molecule has 0 spiro atoms. The molecule has 1 atom stereocenters. The van der Waals surface area contributed by atoms with Gasteiger partial charge < -0.3 is 9.64 Å². The molecule has 0 radical (unpaired) electrons. The van der Waals surface area contributed by atoms with Crippen LogP contribution in [0.1, 0.15) is 35.7 Å². The van der Waals surface area contributed by atoms with E-state index in [1.54, 1.807) is 6.07 Å². The molecule has 3 amide bonds. The average molecular weight is 367 g/mol. The maximum absolute atomic E-state index is 12.5. The van der Waals surface area contributed by atoms with Gasteiger partial charge in [-0.05, 0) is 47.0 Å². The highest BCUT2D eigenvalue weighted by molar-refractivity contribution is 9.10. The van der Waals surface area contributed by atoms with E-state index in [2.05, 4.69) is 21.2 Å². The van der Waals surface area contributed by atoms with Gasteiger partial charge in [-0.15, -0.1) is 0 Å². The smallest absolute Gasteiger partial charge is 0.255 e. The van der Waals surface area contributed by atoms with Crippen LogP contribution in [-0.4, -0.2) is 35.3 Å². The highest BCUT2D eigenvalue weighted by atomic mass is 79.9. The van der Waals surface area contributed by atoms with Crippen molar-refractivity contribution in [3.63, 3.8) is 0 Å². The predicted molar refractivity (Wildman–Crippen MR) is 81.4 cm³/mol. The monoisotopic (exact) mass is 366 g/mol. The Balaban J connectivity index is 1.87. The number of nitrogens with one attached hydrogen (secondary N) is 1. The summed E-state index contributed by atoms with van der Waals surface area (Å²) < 4.78 is 6.23. The minimum Gasteiger partial charge on any atom is -0.493 e. The highest BCUT2D eigenvalue weighted by Gasteiger charge is 2.39. The summed E-state index contributed by atoms with van der Waals surface area (Å²) in [4.78, 5) is 37.3. The summed E-state index contributed by atoms with van der Waals surface area (Å²) in [5, 5.41) is 2.29. The minimum atomic E-state index is -0.591. The van der Waals surface area contributed by atoms with Crippen LogP contribution in [0.25, 0.3) is 0 Å². The molecular formula is C15H15BrN2O4. The van der Waals surface area contributed by atoms with Crippen molar-refractivity contribution < 1.29 is 19.1 Å². The first-order chi connectivity index (χ1) is 10.5. The van der Waals surface area contributed by atoms with Crippen LogP contribution in [0.2, 0.25) is 0 Å². The van der Waals surface area contributed by atoms with Crippen molar-refractivity contribution in [3.8, 4) is 5.75 Å². The number of ether oxygens (including phenoxy) is 1. The Morgan fingerprint density at radius 3 is 2.82 bits per heavy atom. The summed E-state index contributed by atoms with van der Waals surface area (Å²) in [5.74, 6) is -0.194. The first kappa shape index (κ1) is 15.0. The molecule has 0 aromatic heterocycles. The Labute approximate surface area is 135 Å². The molecule has 1 aromatic rings. The third-order valence-electron chi connectivity index (χ3n) is 3.88. The number of halogens is 1. The zero-order valence-corrected chi connectivity index (χ0v) is 13.6. The number of benzene rings is 1. The molecule has 3 rings (SSSR count). The van der Waals surface area contributed by atoms with Crippen LogP contribution in [0.3, 0.4) is 0 Å². The topological polar surface area (TPSA) is 75.7 Å². The predicted octanol–water partition coefficient (Wildman–Crippen LogP) is 1.61. The number of nitrogens with zero attached hydrogens (tertiary/aromatic N) is 1. The van der Waals surface area contributed by atoms with E-state index in [9.17, 15) is 14.4 Å². The summed E-state index contributed by atoms with van der Waals surface area (Å²) in [6, 6.07) is 2.97. The zero-order valence-electron chi connectivity index (χ0n) is 12.0. The summed E-state index contributed by atoms with van der Waals surface area (Å²) in [5.41, 5.74) is 1.40. The molecule has 2 heterocycles. The van der Waals surface area contributed by atoms with Gasteiger partial charge >= 0.3 is 0 Å². The van der Waals surface area contributed by atoms with Crippen molar-refractivity contribution in [1.29, 1.82) is 0 Å². The fraction of sp³-hybridized carbons (Fsp3) is 0.400. The first-order valence-corrected chi connectivity index (χ1v) is 7.90. The second-order valence-electron chi connectivity index (χ2n) is 5.27. The Kier molecular flexibility index (Phi) is 3.90. The van der Waals surface area contributed by atoms with E-state index in [0.29, 0.717) is 35.4 Å². The number of fused-ring (bicyclic) bond motifs is 1. The lowest BCUT2D eigenvalue weighted by Gasteiger charge is -2.29. The zero-order chi connectivity index (χ0) is 15.9. The van der Waals surface area contributed by atoms with Gasteiger partial charge in [0.2, 0.25) is 11.8 Å². The van der Waals surface area contributed by atoms with Gasteiger partial charge in [0.1, 0.15) is 11.8 Å². The van der Waals surface area contributed by atoms with Crippen LogP contribution >= 0.6 is 15.9 Å². The molecule has 1 fully saturated rings. The summed E-state index contributed by atoms with van der Waals surface area (Å²) in [7, 11) is 0. The van der Waals surface area contributed by atoms with Crippen molar-refractivity contribution in [2.75, 3.05) is 6.61 Å². The molecule has 2 aliphatic heterocycles. The lowest BCUT2D eigenvalue weighted by molar-refractivity contribution is -0.136. The van der Waals surface area contributed by atoms with E-state index in [4.69, 9.17) is 4.74 Å². The van der Waals surface area contributed by atoms with E-state index < -0.39 is 11.9 Å². The molecule has 1 unspecified atom stereocenters. The van der Waals surface area contributed by atoms with Crippen LogP contribution < -0.4 is 10.1 Å². The normalized spacial score (nSPS) is 20.9. The first-order valence-electron chi connectivity index (χ1n) is 7.11. The second kappa shape index (κ2) is 5.72. The van der Waals surface area contributed by atoms with Gasteiger partial charge in [-0.1, -0.05) is 0 Å². The fourth-order valence-corrected chi connectivity index (χ4v) is 3.29. The van der Waals surface area contributed by atoms with Crippen molar-refractivity contribution >= 4 is 33.7 Å². The Morgan fingerprint density at radius 2 is 2.14 bits per heavy atom. The van der Waals surface area contributed by atoms with Crippen molar-refractivity contribution in [1.82, 2.24) is 10.2 Å². The van der Waals surface area contributed by atoms with E-state index in [-0.39, 0.29) is 18.2 Å². The summed E-state index contributed by atoms with van der Waals surface area (Å²) >= 11 is 3.39. The molecule has 0 saturated carbocycles. The average Bonchev–Trinajstić information content (AvgIpc) is 2.77. The van der Waals surface area contributed by atoms with Gasteiger partial charge in [0, 0.05) is 18.5 Å². The van der Waals surface area contributed by atoms with Crippen LogP contribution in [0.15, 0.2) is 16.6 Å². The van der Waals surface area contributed by atoms with E-state index >= 15 is 0 Å². The molecule has 0 bridgehead atoms. The summed E-state index contributed by atoms with van der Waals surface area (Å²) in [6.45, 7) is 2.77. The third-order valence-corrected chi connectivity index (χ3v) is 4.50. The molecule has 22 heavy (non-hydrogen) atoms. The lowest BCUT2D eigenvalue weighted by Crippen LogP contribution is -2.52. The van der Waals surface area contributed by atoms with Crippen molar-refractivity contribution in [3.05, 3.63) is 27.7 Å². The van der Waals surface area contributed by atoms with Crippen LogP contribution in [-0.2, 0) is 16.1 Å². The van der Waals surface area contributed by atoms with Gasteiger partial charge in [-0.2, -0.15) is 0 Å². The molecule has 1 saturated heterocycles.